The Labute approximate surface area is 86.3 Å². The summed E-state index contributed by atoms with van der Waals surface area (Å²) in [5.41, 5.74) is 1.75. The summed E-state index contributed by atoms with van der Waals surface area (Å²) in [6.45, 7) is 0. The first kappa shape index (κ1) is 10.1. The van der Waals surface area contributed by atoms with E-state index in [2.05, 4.69) is 22.0 Å². The summed E-state index contributed by atoms with van der Waals surface area (Å²) in [4.78, 5) is 0. The van der Waals surface area contributed by atoms with Gasteiger partial charge in [0.15, 0.2) is 0 Å². The molecule has 0 bridgehead atoms. The van der Waals surface area contributed by atoms with Gasteiger partial charge in [0.25, 0.3) is 0 Å². The number of nitriles is 1. The molecule has 1 rings (SSSR count). The number of aryl methyl sites for hydroxylation is 1. The maximum absolute atomic E-state index is 8.80. The zero-order chi connectivity index (χ0) is 9.68. The third-order valence-corrected chi connectivity index (χ3v) is 2.16. The van der Waals surface area contributed by atoms with E-state index >= 15 is 0 Å². The zero-order valence-electron chi connectivity index (χ0n) is 7.38. The Balaban J connectivity index is 3.00. The van der Waals surface area contributed by atoms with Gasteiger partial charge in [-0.05, 0) is 24.1 Å². The lowest BCUT2D eigenvalue weighted by Gasteiger charge is -2.04. The molecule has 0 fully saturated rings. The van der Waals surface area contributed by atoms with Gasteiger partial charge in [0.2, 0.25) is 0 Å². The molecule has 1 aromatic carbocycles. The minimum atomic E-state index is 0.598. The molecule has 1 aromatic rings. The number of alkyl halides is 1. The summed E-state index contributed by atoms with van der Waals surface area (Å²) in [5, 5.41) is 9.71. The quantitative estimate of drug-likeness (QED) is 0.760. The van der Waals surface area contributed by atoms with Gasteiger partial charge in [-0.2, -0.15) is 5.26 Å². The molecule has 0 N–H and O–H groups in total. The molecule has 0 unspecified atom stereocenters. The Morgan fingerprint density at radius 3 is 2.85 bits per heavy atom. The van der Waals surface area contributed by atoms with Gasteiger partial charge < -0.3 is 4.74 Å². The summed E-state index contributed by atoms with van der Waals surface area (Å²) in [5.74, 6) is 0.640. The van der Waals surface area contributed by atoms with Crippen LogP contribution in [0.1, 0.15) is 11.1 Å². The van der Waals surface area contributed by atoms with Crippen molar-refractivity contribution in [3.8, 4) is 11.8 Å². The second-order valence-electron chi connectivity index (χ2n) is 2.59. The normalized spacial score (nSPS) is 9.31. The monoisotopic (exact) mass is 239 g/mol. The smallest absolute Gasteiger partial charge is 0.136 e. The summed E-state index contributed by atoms with van der Waals surface area (Å²) in [6, 6.07) is 7.77. The Morgan fingerprint density at radius 1 is 1.54 bits per heavy atom. The largest absolute Gasteiger partial charge is 0.495 e. The molecule has 3 heteroatoms. The van der Waals surface area contributed by atoms with E-state index in [0.29, 0.717) is 11.3 Å². The Kier molecular flexibility index (Phi) is 3.78. The highest BCUT2D eigenvalue weighted by atomic mass is 79.9. The van der Waals surface area contributed by atoms with Crippen molar-refractivity contribution in [3.63, 3.8) is 0 Å². The molecule has 0 amide bonds. The number of ether oxygens (including phenoxy) is 1. The third-order valence-electron chi connectivity index (χ3n) is 1.77. The molecule has 2 nitrogen and oxygen atoms in total. The maximum Gasteiger partial charge on any atom is 0.136 e. The molecule has 13 heavy (non-hydrogen) atoms. The van der Waals surface area contributed by atoms with Crippen LogP contribution in [-0.4, -0.2) is 12.4 Å². The van der Waals surface area contributed by atoms with Crippen molar-refractivity contribution < 1.29 is 4.74 Å². The molecule has 68 valence electrons. The van der Waals surface area contributed by atoms with Gasteiger partial charge in [0.1, 0.15) is 11.8 Å². The van der Waals surface area contributed by atoms with Gasteiger partial charge >= 0.3 is 0 Å². The van der Waals surface area contributed by atoms with Crippen LogP contribution in [0, 0.1) is 11.3 Å². The Bertz CT molecular complexity index is 330. The van der Waals surface area contributed by atoms with Crippen LogP contribution >= 0.6 is 15.9 Å². The number of halogens is 1. The van der Waals surface area contributed by atoms with Gasteiger partial charge in [0, 0.05) is 5.33 Å². The van der Waals surface area contributed by atoms with Crippen LogP contribution in [0.5, 0.6) is 5.75 Å². The van der Waals surface area contributed by atoms with Crippen molar-refractivity contribution >= 4 is 15.9 Å². The standard InChI is InChI=1S/C10H10BrNO/c1-13-10-3-2-8(4-5-11)6-9(10)7-12/h2-3,6H,4-5H2,1H3. The first-order valence-corrected chi connectivity index (χ1v) is 5.07. The van der Waals surface area contributed by atoms with E-state index in [1.807, 2.05) is 18.2 Å². The van der Waals surface area contributed by atoms with Crippen molar-refractivity contribution in [2.75, 3.05) is 12.4 Å². The lowest BCUT2D eigenvalue weighted by molar-refractivity contribution is 0.413. The zero-order valence-corrected chi connectivity index (χ0v) is 8.97. The van der Waals surface area contributed by atoms with E-state index < -0.39 is 0 Å². The maximum atomic E-state index is 8.80. The van der Waals surface area contributed by atoms with Gasteiger partial charge in [-0.3, -0.25) is 0 Å². The molecule has 0 atom stereocenters. The fraction of sp³-hybridized carbons (Fsp3) is 0.300. The van der Waals surface area contributed by atoms with Crippen LogP contribution in [0.3, 0.4) is 0 Å². The second-order valence-corrected chi connectivity index (χ2v) is 3.38. The number of hydrogen-bond acceptors (Lipinski definition) is 2. The molecule has 0 aliphatic rings. The fourth-order valence-corrected chi connectivity index (χ4v) is 1.56. The highest BCUT2D eigenvalue weighted by Gasteiger charge is 2.02. The Morgan fingerprint density at radius 2 is 2.31 bits per heavy atom. The Hall–Kier alpha value is -1.01. The van der Waals surface area contributed by atoms with Crippen LogP contribution in [0.2, 0.25) is 0 Å². The average Bonchev–Trinajstić information content (AvgIpc) is 2.18. The van der Waals surface area contributed by atoms with Crippen molar-refractivity contribution in [1.82, 2.24) is 0 Å². The highest BCUT2D eigenvalue weighted by Crippen LogP contribution is 2.19. The predicted octanol–water partition coefficient (Wildman–Crippen LogP) is 2.50. The van der Waals surface area contributed by atoms with Gasteiger partial charge in [0.05, 0.1) is 12.7 Å². The fourth-order valence-electron chi connectivity index (χ4n) is 1.11. The van der Waals surface area contributed by atoms with E-state index in [0.717, 1.165) is 17.3 Å². The first-order chi connectivity index (χ1) is 6.31. The van der Waals surface area contributed by atoms with Crippen molar-refractivity contribution in [2.45, 2.75) is 6.42 Å². The number of nitrogens with zero attached hydrogens (tertiary/aromatic N) is 1. The van der Waals surface area contributed by atoms with Crippen LogP contribution < -0.4 is 4.74 Å². The van der Waals surface area contributed by atoms with Crippen LogP contribution in [-0.2, 0) is 6.42 Å². The second kappa shape index (κ2) is 4.88. The molecule has 0 saturated heterocycles. The van der Waals surface area contributed by atoms with Crippen molar-refractivity contribution in [3.05, 3.63) is 29.3 Å². The van der Waals surface area contributed by atoms with E-state index in [-0.39, 0.29) is 0 Å². The summed E-state index contributed by atoms with van der Waals surface area (Å²) in [7, 11) is 1.57. The third kappa shape index (κ3) is 2.46. The first-order valence-electron chi connectivity index (χ1n) is 3.94. The minimum absolute atomic E-state index is 0.598. The minimum Gasteiger partial charge on any atom is -0.495 e. The molecule has 0 radical (unpaired) electrons. The molecule has 0 aliphatic heterocycles. The van der Waals surface area contributed by atoms with Crippen LogP contribution in [0.25, 0.3) is 0 Å². The van der Waals surface area contributed by atoms with E-state index in [9.17, 15) is 0 Å². The van der Waals surface area contributed by atoms with Crippen molar-refractivity contribution in [1.29, 1.82) is 5.26 Å². The number of rotatable bonds is 3. The number of methoxy groups -OCH3 is 1. The SMILES string of the molecule is COc1ccc(CCBr)cc1C#N. The molecule has 0 heterocycles. The highest BCUT2D eigenvalue weighted by molar-refractivity contribution is 9.09. The molecule has 0 spiro atoms. The van der Waals surface area contributed by atoms with E-state index in [1.54, 1.807) is 7.11 Å². The molecule has 0 aromatic heterocycles. The van der Waals surface area contributed by atoms with E-state index in [4.69, 9.17) is 10.00 Å². The predicted molar refractivity (Wildman–Crippen MR) is 55.2 cm³/mol. The topological polar surface area (TPSA) is 33.0 Å². The number of benzene rings is 1. The van der Waals surface area contributed by atoms with Crippen LogP contribution in [0.4, 0.5) is 0 Å². The van der Waals surface area contributed by atoms with Crippen molar-refractivity contribution in [2.24, 2.45) is 0 Å². The van der Waals surface area contributed by atoms with Gasteiger partial charge in [-0.25, -0.2) is 0 Å². The summed E-state index contributed by atoms with van der Waals surface area (Å²) in [6.07, 6.45) is 0.929. The molecular formula is C10H10BrNO. The van der Waals surface area contributed by atoms with Gasteiger partial charge in [-0.1, -0.05) is 22.0 Å². The lowest BCUT2D eigenvalue weighted by atomic mass is 10.1. The summed E-state index contributed by atoms with van der Waals surface area (Å²) < 4.78 is 5.04. The van der Waals surface area contributed by atoms with E-state index in [1.165, 1.54) is 0 Å². The van der Waals surface area contributed by atoms with Crippen LogP contribution in [0.15, 0.2) is 18.2 Å². The summed E-state index contributed by atoms with van der Waals surface area (Å²) >= 11 is 3.35. The number of hydrogen-bond donors (Lipinski definition) is 0. The molecule has 0 saturated carbocycles. The lowest BCUT2D eigenvalue weighted by Crippen LogP contribution is -1.91. The molecule has 0 aliphatic carbocycles. The van der Waals surface area contributed by atoms with Gasteiger partial charge in [-0.15, -0.1) is 0 Å². The molecular weight excluding hydrogens is 230 g/mol. The average molecular weight is 240 g/mol.